The van der Waals surface area contributed by atoms with Crippen LogP contribution in [0.15, 0.2) is 17.0 Å². The van der Waals surface area contributed by atoms with Gasteiger partial charge in [0.25, 0.3) is 0 Å². The molecule has 0 amide bonds. The Morgan fingerprint density at radius 1 is 1.44 bits per heavy atom. The number of halogens is 3. The highest BCUT2D eigenvalue weighted by Gasteiger charge is 2.25. The van der Waals surface area contributed by atoms with Crippen LogP contribution in [-0.4, -0.2) is 25.5 Å². The molecule has 18 heavy (non-hydrogen) atoms. The van der Waals surface area contributed by atoms with Gasteiger partial charge in [-0.3, -0.25) is 4.79 Å². The van der Waals surface area contributed by atoms with E-state index in [0.717, 1.165) is 19.1 Å². The minimum Gasteiger partial charge on any atom is -0.480 e. The van der Waals surface area contributed by atoms with E-state index in [2.05, 4.69) is 0 Å². The van der Waals surface area contributed by atoms with Gasteiger partial charge in [-0.25, -0.2) is 12.8 Å². The summed E-state index contributed by atoms with van der Waals surface area (Å²) in [6.07, 6.45) is 0. The molecule has 9 heteroatoms. The number of rotatable bonds is 4. The Morgan fingerprint density at radius 3 is 2.50 bits per heavy atom. The summed E-state index contributed by atoms with van der Waals surface area (Å²) >= 11 is 10.9. The van der Waals surface area contributed by atoms with Crippen LogP contribution in [0.25, 0.3) is 0 Å². The second-order valence-corrected chi connectivity index (χ2v) is 5.82. The molecule has 0 aromatic heterocycles. The summed E-state index contributed by atoms with van der Waals surface area (Å²) in [5.74, 6) is -2.45. The van der Waals surface area contributed by atoms with Crippen molar-refractivity contribution in [3.05, 3.63) is 28.0 Å². The first kappa shape index (κ1) is 15.2. The van der Waals surface area contributed by atoms with Crippen LogP contribution in [0.4, 0.5) is 4.39 Å². The molecule has 1 aromatic carbocycles. The predicted molar refractivity (Wildman–Crippen MR) is 63.8 cm³/mol. The zero-order valence-corrected chi connectivity index (χ0v) is 11.3. The maximum atomic E-state index is 13.3. The summed E-state index contributed by atoms with van der Waals surface area (Å²) < 4.78 is 38.7. The third-order valence-electron chi connectivity index (χ3n) is 1.99. The second-order valence-electron chi connectivity index (χ2n) is 3.35. The van der Waals surface area contributed by atoms with E-state index in [4.69, 9.17) is 28.3 Å². The van der Waals surface area contributed by atoms with Crippen LogP contribution in [-0.2, 0) is 14.8 Å². The molecule has 0 aliphatic carbocycles. The van der Waals surface area contributed by atoms with Gasteiger partial charge in [-0.1, -0.05) is 23.2 Å². The zero-order chi connectivity index (χ0) is 14.1. The van der Waals surface area contributed by atoms with Crippen LogP contribution in [0.3, 0.4) is 0 Å². The molecular weight excluding hydrogens is 308 g/mol. The molecule has 100 valence electrons. The Morgan fingerprint density at radius 2 is 2.00 bits per heavy atom. The molecule has 5 nitrogen and oxygen atoms in total. The normalized spacial score (nSPS) is 13.3. The molecule has 0 aliphatic rings. The van der Waals surface area contributed by atoms with E-state index < -0.39 is 37.8 Å². The molecule has 0 saturated carbocycles. The van der Waals surface area contributed by atoms with E-state index in [1.807, 2.05) is 4.72 Å². The molecule has 0 aliphatic heterocycles. The fraction of sp³-hybridized carbons (Fsp3) is 0.222. The van der Waals surface area contributed by atoms with Crippen molar-refractivity contribution < 1.29 is 22.7 Å². The quantitative estimate of drug-likeness (QED) is 0.831. The standard InChI is InChI=1S/C9H8Cl2FNO4S/c1-4(9(14)15)13-18(16,17)6-3-2-5(10)8(12)7(6)11/h2-4,13H,1H3,(H,14,15)/t4-/m0/s1. The minimum absolute atomic E-state index is 0.328. The molecule has 0 spiro atoms. The Bertz CT molecular complexity index is 590. The topological polar surface area (TPSA) is 83.5 Å². The monoisotopic (exact) mass is 315 g/mol. The molecule has 1 aromatic rings. The van der Waals surface area contributed by atoms with E-state index in [1.165, 1.54) is 0 Å². The summed E-state index contributed by atoms with van der Waals surface area (Å²) in [7, 11) is -4.24. The summed E-state index contributed by atoms with van der Waals surface area (Å²) in [6, 6.07) is 0.637. The van der Waals surface area contributed by atoms with Gasteiger partial charge >= 0.3 is 5.97 Å². The van der Waals surface area contributed by atoms with Gasteiger partial charge in [0.2, 0.25) is 10.0 Å². The van der Waals surface area contributed by atoms with Crippen molar-refractivity contribution in [2.24, 2.45) is 0 Å². The van der Waals surface area contributed by atoms with Gasteiger partial charge in [0.05, 0.1) is 10.0 Å². The third-order valence-corrected chi connectivity index (χ3v) is 4.35. The molecule has 0 saturated heterocycles. The first-order valence-corrected chi connectivity index (χ1v) is 6.79. The number of carbonyl (C=O) groups is 1. The largest absolute Gasteiger partial charge is 0.480 e. The first-order valence-electron chi connectivity index (χ1n) is 4.55. The average Bonchev–Trinajstić information content (AvgIpc) is 2.24. The van der Waals surface area contributed by atoms with Crippen molar-refractivity contribution in [1.82, 2.24) is 4.72 Å². The van der Waals surface area contributed by atoms with Crippen molar-refractivity contribution in [3.8, 4) is 0 Å². The highest BCUT2D eigenvalue weighted by molar-refractivity contribution is 7.89. The fourth-order valence-electron chi connectivity index (χ4n) is 1.06. The summed E-state index contributed by atoms with van der Waals surface area (Å²) in [5.41, 5.74) is 0. The van der Waals surface area contributed by atoms with Crippen LogP contribution in [0, 0.1) is 5.82 Å². The SMILES string of the molecule is C[C@H](NS(=O)(=O)c1ccc(Cl)c(F)c1Cl)C(=O)O. The van der Waals surface area contributed by atoms with Gasteiger partial charge in [-0.2, -0.15) is 4.72 Å². The van der Waals surface area contributed by atoms with Crippen LogP contribution in [0.2, 0.25) is 10.0 Å². The Kier molecular flexibility index (Phi) is 4.55. The van der Waals surface area contributed by atoms with E-state index in [9.17, 15) is 17.6 Å². The first-order chi connectivity index (χ1) is 8.16. The number of carboxylic acids is 1. The summed E-state index contributed by atoms with van der Waals surface area (Å²) in [6.45, 7) is 1.13. The molecule has 1 rings (SSSR count). The molecule has 0 heterocycles. The fourth-order valence-corrected chi connectivity index (χ4v) is 3.00. The lowest BCUT2D eigenvalue weighted by atomic mass is 10.3. The van der Waals surface area contributed by atoms with Crippen molar-refractivity contribution in [1.29, 1.82) is 0 Å². The second kappa shape index (κ2) is 5.40. The Hall–Kier alpha value is -0.890. The summed E-state index contributed by atoms with van der Waals surface area (Å²) in [5, 5.41) is 7.59. The van der Waals surface area contributed by atoms with Crippen molar-refractivity contribution >= 4 is 39.2 Å². The van der Waals surface area contributed by atoms with Gasteiger partial charge in [-0.15, -0.1) is 0 Å². The highest BCUT2D eigenvalue weighted by Crippen LogP contribution is 2.29. The Labute approximate surface area is 113 Å². The average molecular weight is 316 g/mol. The highest BCUT2D eigenvalue weighted by atomic mass is 35.5. The number of hydrogen-bond donors (Lipinski definition) is 2. The van der Waals surface area contributed by atoms with Gasteiger partial charge in [0.15, 0.2) is 5.82 Å². The zero-order valence-electron chi connectivity index (χ0n) is 8.95. The van der Waals surface area contributed by atoms with Crippen LogP contribution >= 0.6 is 23.2 Å². The van der Waals surface area contributed by atoms with Gasteiger partial charge in [-0.05, 0) is 19.1 Å². The number of sulfonamides is 1. The lowest BCUT2D eigenvalue weighted by Crippen LogP contribution is -2.38. The number of benzene rings is 1. The van der Waals surface area contributed by atoms with Crippen LogP contribution < -0.4 is 4.72 Å². The van der Waals surface area contributed by atoms with E-state index >= 15 is 0 Å². The molecule has 1 atom stereocenters. The van der Waals surface area contributed by atoms with E-state index in [-0.39, 0.29) is 5.02 Å². The van der Waals surface area contributed by atoms with Gasteiger partial charge in [0.1, 0.15) is 10.9 Å². The van der Waals surface area contributed by atoms with Gasteiger partial charge < -0.3 is 5.11 Å². The minimum atomic E-state index is -4.24. The molecule has 2 N–H and O–H groups in total. The number of carboxylic acid groups (broad SMARTS) is 1. The Balaban J connectivity index is 3.22. The lowest BCUT2D eigenvalue weighted by molar-refractivity contribution is -0.138. The lowest BCUT2D eigenvalue weighted by Gasteiger charge is -2.12. The predicted octanol–water partition coefficient (Wildman–Crippen LogP) is 1.88. The van der Waals surface area contributed by atoms with Crippen molar-refractivity contribution in [2.45, 2.75) is 17.9 Å². The van der Waals surface area contributed by atoms with Crippen LogP contribution in [0.1, 0.15) is 6.92 Å². The van der Waals surface area contributed by atoms with Gasteiger partial charge in [0, 0.05) is 0 Å². The molecule has 0 fully saturated rings. The number of nitrogens with one attached hydrogen (secondary N) is 1. The maximum Gasteiger partial charge on any atom is 0.321 e. The van der Waals surface area contributed by atoms with Crippen molar-refractivity contribution in [3.63, 3.8) is 0 Å². The molecule has 0 radical (unpaired) electrons. The summed E-state index contributed by atoms with van der Waals surface area (Å²) in [4.78, 5) is 9.99. The third kappa shape index (κ3) is 3.11. The number of aliphatic carboxylic acids is 1. The molecular formula is C9H8Cl2FNO4S. The van der Waals surface area contributed by atoms with Crippen molar-refractivity contribution in [2.75, 3.05) is 0 Å². The molecule has 0 unspecified atom stereocenters. The van der Waals surface area contributed by atoms with E-state index in [0.29, 0.717) is 0 Å². The maximum absolute atomic E-state index is 13.3. The number of hydrogen-bond acceptors (Lipinski definition) is 3. The van der Waals surface area contributed by atoms with E-state index in [1.54, 1.807) is 0 Å². The smallest absolute Gasteiger partial charge is 0.321 e. The molecule has 0 bridgehead atoms. The van der Waals surface area contributed by atoms with Crippen LogP contribution in [0.5, 0.6) is 0 Å².